The number of carboxylic acid groups (broad SMARTS) is 1. The fourth-order valence-corrected chi connectivity index (χ4v) is 4.04. The van der Waals surface area contributed by atoms with E-state index in [0.717, 1.165) is 37.7 Å². The summed E-state index contributed by atoms with van der Waals surface area (Å²) in [6.45, 7) is 0. The molecular formula is C19H24FNO3. The third-order valence-corrected chi connectivity index (χ3v) is 5.68. The maximum Gasteiger partial charge on any atom is 0.310 e. The van der Waals surface area contributed by atoms with Gasteiger partial charge in [0.2, 0.25) is 5.91 Å². The van der Waals surface area contributed by atoms with Gasteiger partial charge in [-0.2, -0.15) is 0 Å². The Bertz CT molecular complexity index is 604. The Kier molecular flexibility index (Phi) is 4.88. The molecule has 1 aromatic carbocycles. The number of nitrogens with one attached hydrogen (secondary N) is 1. The molecule has 3 rings (SSSR count). The van der Waals surface area contributed by atoms with Gasteiger partial charge in [0.1, 0.15) is 5.82 Å². The number of amides is 1. The van der Waals surface area contributed by atoms with E-state index in [-0.39, 0.29) is 24.2 Å². The highest BCUT2D eigenvalue weighted by Gasteiger charge is 2.46. The number of aliphatic carboxylic acids is 1. The van der Waals surface area contributed by atoms with E-state index in [1.165, 1.54) is 12.1 Å². The molecule has 1 aromatic rings. The van der Waals surface area contributed by atoms with Crippen molar-refractivity contribution in [1.29, 1.82) is 0 Å². The second-order valence-corrected chi connectivity index (χ2v) is 7.26. The van der Waals surface area contributed by atoms with E-state index in [1.54, 1.807) is 12.1 Å². The lowest BCUT2D eigenvalue weighted by Gasteiger charge is -2.37. The van der Waals surface area contributed by atoms with E-state index < -0.39 is 11.4 Å². The predicted molar refractivity (Wildman–Crippen MR) is 87.8 cm³/mol. The van der Waals surface area contributed by atoms with Crippen LogP contribution in [0.5, 0.6) is 0 Å². The van der Waals surface area contributed by atoms with Crippen LogP contribution < -0.4 is 5.32 Å². The number of hydrogen-bond donors (Lipinski definition) is 2. The molecule has 0 bridgehead atoms. The number of rotatable bonds is 6. The van der Waals surface area contributed by atoms with Crippen LogP contribution in [0.15, 0.2) is 24.3 Å². The van der Waals surface area contributed by atoms with Crippen molar-refractivity contribution in [2.24, 2.45) is 11.3 Å². The molecule has 0 aliphatic heterocycles. The highest BCUT2D eigenvalue weighted by molar-refractivity contribution is 5.85. The van der Waals surface area contributed by atoms with E-state index in [2.05, 4.69) is 5.32 Å². The van der Waals surface area contributed by atoms with E-state index >= 15 is 0 Å². The summed E-state index contributed by atoms with van der Waals surface area (Å²) in [5.74, 6) is -1.04. The molecular weight excluding hydrogens is 309 g/mol. The van der Waals surface area contributed by atoms with E-state index in [1.807, 2.05) is 0 Å². The molecule has 24 heavy (non-hydrogen) atoms. The van der Waals surface area contributed by atoms with Gasteiger partial charge in [0.05, 0.1) is 11.5 Å². The van der Waals surface area contributed by atoms with Crippen LogP contribution in [0.4, 0.5) is 4.39 Å². The largest absolute Gasteiger partial charge is 0.481 e. The van der Waals surface area contributed by atoms with E-state index in [9.17, 15) is 19.1 Å². The Morgan fingerprint density at radius 1 is 1.17 bits per heavy atom. The van der Waals surface area contributed by atoms with Crippen molar-refractivity contribution in [1.82, 2.24) is 5.32 Å². The van der Waals surface area contributed by atoms with Crippen LogP contribution in [-0.4, -0.2) is 17.0 Å². The summed E-state index contributed by atoms with van der Waals surface area (Å²) in [7, 11) is 0. The summed E-state index contributed by atoms with van der Waals surface area (Å²) in [5.41, 5.74) is 0.0160. The summed E-state index contributed by atoms with van der Waals surface area (Å²) in [4.78, 5) is 24.0. The first-order valence-electron chi connectivity index (χ1n) is 8.78. The summed E-state index contributed by atoms with van der Waals surface area (Å²) in [5, 5.41) is 12.5. The lowest BCUT2D eigenvalue weighted by atomic mass is 9.66. The number of benzene rings is 1. The minimum Gasteiger partial charge on any atom is -0.481 e. The quantitative estimate of drug-likeness (QED) is 0.832. The molecule has 0 heterocycles. The van der Waals surface area contributed by atoms with Crippen LogP contribution in [0.2, 0.25) is 0 Å². The Balaban J connectivity index is 1.72. The third kappa shape index (κ3) is 3.45. The molecule has 130 valence electrons. The standard InChI is InChI=1S/C19H24FNO3/c20-15-8-6-14(7-9-15)17(13-4-1-2-5-13)21-16(22)12-19(18(23)24)10-3-11-19/h6-9,13,17H,1-5,10-12H2,(H,21,22)(H,23,24). The zero-order valence-corrected chi connectivity index (χ0v) is 13.8. The van der Waals surface area contributed by atoms with Crippen molar-refractivity contribution in [3.63, 3.8) is 0 Å². The van der Waals surface area contributed by atoms with Gasteiger partial charge in [0.15, 0.2) is 0 Å². The molecule has 2 aliphatic rings. The Morgan fingerprint density at radius 2 is 1.79 bits per heavy atom. The van der Waals surface area contributed by atoms with Crippen LogP contribution in [0.1, 0.15) is 63.0 Å². The molecule has 5 heteroatoms. The van der Waals surface area contributed by atoms with Gasteiger partial charge in [-0.05, 0) is 49.3 Å². The van der Waals surface area contributed by atoms with Crippen molar-refractivity contribution in [3.8, 4) is 0 Å². The third-order valence-electron chi connectivity index (χ3n) is 5.68. The Morgan fingerprint density at radius 3 is 2.29 bits per heavy atom. The second-order valence-electron chi connectivity index (χ2n) is 7.26. The number of carbonyl (C=O) groups is 2. The van der Waals surface area contributed by atoms with Gasteiger partial charge in [0, 0.05) is 6.42 Å². The van der Waals surface area contributed by atoms with Gasteiger partial charge in [-0.3, -0.25) is 9.59 Å². The number of carboxylic acids is 1. The zero-order chi connectivity index (χ0) is 17.2. The molecule has 1 amide bonds. The summed E-state index contributed by atoms with van der Waals surface area (Å²) < 4.78 is 13.2. The first-order chi connectivity index (χ1) is 11.5. The normalized spacial score (nSPS) is 21.0. The molecule has 0 spiro atoms. The van der Waals surface area contributed by atoms with Crippen molar-refractivity contribution in [2.75, 3.05) is 0 Å². The van der Waals surface area contributed by atoms with Gasteiger partial charge in [-0.1, -0.05) is 31.4 Å². The Hall–Kier alpha value is -1.91. The average molecular weight is 333 g/mol. The predicted octanol–water partition coefficient (Wildman–Crippen LogP) is 3.82. The maximum absolute atomic E-state index is 13.2. The van der Waals surface area contributed by atoms with Crippen molar-refractivity contribution in [2.45, 2.75) is 57.4 Å². The minimum atomic E-state index is -0.882. The number of halogens is 1. The van der Waals surface area contributed by atoms with Crippen LogP contribution in [0.25, 0.3) is 0 Å². The SMILES string of the molecule is O=C(CC1(C(=O)O)CCC1)NC(c1ccc(F)cc1)C1CCCC1. The van der Waals surface area contributed by atoms with Gasteiger partial charge in [-0.25, -0.2) is 4.39 Å². The molecule has 2 N–H and O–H groups in total. The van der Waals surface area contributed by atoms with E-state index in [4.69, 9.17) is 0 Å². The highest BCUT2D eigenvalue weighted by Crippen LogP contribution is 2.44. The van der Waals surface area contributed by atoms with Crippen LogP contribution in [0.3, 0.4) is 0 Å². The summed E-state index contributed by atoms with van der Waals surface area (Å²) in [6.07, 6.45) is 6.38. The topological polar surface area (TPSA) is 66.4 Å². The first-order valence-corrected chi connectivity index (χ1v) is 8.78. The van der Waals surface area contributed by atoms with Crippen molar-refractivity contribution >= 4 is 11.9 Å². The number of carbonyl (C=O) groups excluding carboxylic acids is 1. The van der Waals surface area contributed by atoms with Gasteiger partial charge in [-0.15, -0.1) is 0 Å². The molecule has 2 aliphatic carbocycles. The number of hydrogen-bond acceptors (Lipinski definition) is 2. The van der Waals surface area contributed by atoms with Crippen LogP contribution in [0, 0.1) is 17.2 Å². The van der Waals surface area contributed by atoms with Gasteiger partial charge in [0.25, 0.3) is 0 Å². The first kappa shape index (κ1) is 16.9. The summed E-state index contributed by atoms with van der Waals surface area (Å²) in [6, 6.07) is 6.10. The lowest BCUT2D eigenvalue weighted by molar-refractivity contribution is -0.157. The molecule has 0 saturated heterocycles. The molecule has 0 radical (unpaired) electrons. The van der Waals surface area contributed by atoms with E-state index in [0.29, 0.717) is 18.8 Å². The smallest absolute Gasteiger partial charge is 0.310 e. The van der Waals surface area contributed by atoms with Gasteiger partial charge >= 0.3 is 5.97 Å². The fraction of sp³-hybridized carbons (Fsp3) is 0.579. The molecule has 0 aromatic heterocycles. The monoisotopic (exact) mass is 333 g/mol. The zero-order valence-electron chi connectivity index (χ0n) is 13.8. The van der Waals surface area contributed by atoms with Gasteiger partial charge < -0.3 is 10.4 Å². The lowest BCUT2D eigenvalue weighted by Crippen LogP contribution is -2.44. The summed E-state index contributed by atoms with van der Waals surface area (Å²) >= 11 is 0. The molecule has 2 saturated carbocycles. The van der Waals surface area contributed by atoms with Crippen molar-refractivity contribution < 1.29 is 19.1 Å². The molecule has 1 unspecified atom stereocenters. The second kappa shape index (κ2) is 6.91. The maximum atomic E-state index is 13.2. The molecule has 2 fully saturated rings. The Labute approximate surface area is 141 Å². The molecule has 1 atom stereocenters. The minimum absolute atomic E-state index is 0.0345. The van der Waals surface area contributed by atoms with Crippen molar-refractivity contribution in [3.05, 3.63) is 35.6 Å². The fourth-order valence-electron chi connectivity index (χ4n) is 4.04. The average Bonchev–Trinajstić information content (AvgIpc) is 3.03. The van der Waals surface area contributed by atoms with Crippen LogP contribution in [-0.2, 0) is 9.59 Å². The molecule has 4 nitrogen and oxygen atoms in total. The van der Waals surface area contributed by atoms with Crippen LogP contribution >= 0.6 is 0 Å². The highest BCUT2D eigenvalue weighted by atomic mass is 19.1.